The summed E-state index contributed by atoms with van der Waals surface area (Å²) < 4.78 is 35.4. The van der Waals surface area contributed by atoms with Crippen LogP contribution in [0.4, 0.5) is 9.18 Å². The molecule has 1 aliphatic rings. The summed E-state index contributed by atoms with van der Waals surface area (Å²) in [5.74, 6) is -0.0721. The summed E-state index contributed by atoms with van der Waals surface area (Å²) in [7, 11) is 2.96. The zero-order valence-corrected chi connectivity index (χ0v) is 22.4. The number of nitrogens with zero attached hydrogens (tertiary/aromatic N) is 1. The Morgan fingerprint density at radius 1 is 0.825 bits per heavy atom. The monoisotopic (exact) mass is 548 g/mol. The summed E-state index contributed by atoms with van der Waals surface area (Å²) in [6.07, 6.45) is 2.21. The van der Waals surface area contributed by atoms with E-state index in [2.05, 4.69) is 5.32 Å². The molecule has 4 amide bonds. The SMILES string of the molecule is CCCOc1ccc(CN2C(=O)NC(=O)/C(=C\c3ccc(OCc4ccc(F)cc4)c(OC)c3)C2=O)cc1OC. The highest BCUT2D eigenvalue weighted by atomic mass is 19.1. The lowest BCUT2D eigenvalue weighted by atomic mass is 10.1. The third kappa shape index (κ3) is 6.58. The van der Waals surface area contributed by atoms with E-state index in [-0.39, 0.29) is 24.5 Å². The van der Waals surface area contributed by atoms with Crippen LogP contribution in [0.2, 0.25) is 0 Å². The standard InChI is InChI=1S/C30H29FN2O7/c1-4-13-39-24-12-8-21(16-27(24)38-3)17-33-29(35)23(28(34)32-30(33)36)14-20-7-11-25(26(15-20)37-2)40-18-19-5-9-22(31)10-6-19/h5-12,14-16H,4,13,17-18H2,1-3H3,(H,32,34,36)/b23-14+. The minimum Gasteiger partial charge on any atom is -0.493 e. The number of urea groups is 1. The maximum atomic E-state index is 13.3. The zero-order valence-electron chi connectivity index (χ0n) is 22.4. The Morgan fingerprint density at radius 2 is 1.48 bits per heavy atom. The predicted octanol–water partition coefficient (Wildman–Crippen LogP) is 4.87. The first-order valence-electron chi connectivity index (χ1n) is 12.6. The molecule has 40 heavy (non-hydrogen) atoms. The Hall–Kier alpha value is -4.86. The van der Waals surface area contributed by atoms with Crippen molar-refractivity contribution in [2.24, 2.45) is 0 Å². The Labute approximate surface area is 231 Å². The van der Waals surface area contributed by atoms with Crippen molar-refractivity contribution in [3.63, 3.8) is 0 Å². The smallest absolute Gasteiger partial charge is 0.331 e. The van der Waals surface area contributed by atoms with E-state index in [1.54, 1.807) is 48.5 Å². The maximum Gasteiger partial charge on any atom is 0.331 e. The second-order valence-electron chi connectivity index (χ2n) is 8.87. The first-order chi connectivity index (χ1) is 19.3. The van der Waals surface area contributed by atoms with Crippen LogP contribution in [0, 0.1) is 5.82 Å². The number of nitrogens with one attached hydrogen (secondary N) is 1. The number of methoxy groups -OCH3 is 2. The summed E-state index contributed by atoms with van der Waals surface area (Å²) in [4.78, 5) is 39.4. The molecule has 0 aliphatic carbocycles. The molecule has 0 saturated carbocycles. The van der Waals surface area contributed by atoms with Crippen molar-refractivity contribution in [3.8, 4) is 23.0 Å². The van der Waals surface area contributed by atoms with Crippen LogP contribution in [0.5, 0.6) is 23.0 Å². The topological polar surface area (TPSA) is 103 Å². The number of hydrogen-bond donors (Lipinski definition) is 1. The molecule has 10 heteroatoms. The number of carbonyl (C=O) groups excluding carboxylic acids is 3. The van der Waals surface area contributed by atoms with Gasteiger partial charge >= 0.3 is 6.03 Å². The van der Waals surface area contributed by atoms with E-state index in [9.17, 15) is 18.8 Å². The van der Waals surface area contributed by atoms with Gasteiger partial charge in [-0.1, -0.05) is 31.2 Å². The van der Waals surface area contributed by atoms with Gasteiger partial charge in [-0.05, 0) is 65.6 Å². The highest BCUT2D eigenvalue weighted by molar-refractivity contribution is 6.30. The molecule has 0 atom stereocenters. The van der Waals surface area contributed by atoms with Gasteiger partial charge in [0, 0.05) is 0 Å². The fourth-order valence-electron chi connectivity index (χ4n) is 3.96. The van der Waals surface area contributed by atoms with E-state index in [1.165, 1.54) is 32.4 Å². The first kappa shape index (κ1) is 28.2. The molecule has 9 nitrogen and oxygen atoms in total. The molecule has 1 saturated heterocycles. The van der Waals surface area contributed by atoms with Crippen LogP contribution in [-0.2, 0) is 22.7 Å². The van der Waals surface area contributed by atoms with E-state index in [1.807, 2.05) is 6.92 Å². The molecule has 1 N–H and O–H groups in total. The molecule has 0 radical (unpaired) electrons. The minimum atomic E-state index is -0.820. The van der Waals surface area contributed by atoms with Gasteiger partial charge in [-0.2, -0.15) is 0 Å². The van der Waals surface area contributed by atoms with Crippen LogP contribution in [0.15, 0.2) is 66.2 Å². The number of ether oxygens (including phenoxy) is 4. The van der Waals surface area contributed by atoms with Gasteiger partial charge in [-0.25, -0.2) is 9.18 Å². The van der Waals surface area contributed by atoms with E-state index in [4.69, 9.17) is 18.9 Å². The Morgan fingerprint density at radius 3 is 2.17 bits per heavy atom. The summed E-state index contributed by atoms with van der Waals surface area (Å²) in [5.41, 5.74) is 1.65. The molecule has 208 valence electrons. The lowest BCUT2D eigenvalue weighted by molar-refractivity contribution is -0.130. The molecular weight excluding hydrogens is 519 g/mol. The third-order valence-electron chi connectivity index (χ3n) is 6.02. The molecule has 3 aromatic carbocycles. The van der Waals surface area contributed by atoms with Gasteiger partial charge in [0.1, 0.15) is 18.0 Å². The van der Waals surface area contributed by atoms with Crippen molar-refractivity contribution >= 4 is 23.9 Å². The number of hydrogen-bond acceptors (Lipinski definition) is 7. The Bertz CT molecular complexity index is 1440. The van der Waals surface area contributed by atoms with Crippen molar-refractivity contribution in [1.29, 1.82) is 0 Å². The van der Waals surface area contributed by atoms with E-state index >= 15 is 0 Å². The van der Waals surface area contributed by atoms with Crippen LogP contribution in [0.25, 0.3) is 6.08 Å². The van der Waals surface area contributed by atoms with Crippen molar-refractivity contribution in [3.05, 3.63) is 88.7 Å². The van der Waals surface area contributed by atoms with Crippen LogP contribution >= 0.6 is 0 Å². The number of halogens is 1. The van der Waals surface area contributed by atoms with Gasteiger partial charge < -0.3 is 18.9 Å². The van der Waals surface area contributed by atoms with Crippen LogP contribution in [0.1, 0.15) is 30.0 Å². The highest BCUT2D eigenvalue weighted by Gasteiger charge is 2.35. The quantitative estimate of drug-likeness (QED) is 0.269. The van der Waals surface area contributed by atoms with Crippen molar-refractivity contribution in [1.82, 2.24) is 10.2 Å². The van der Waals surface area contributed by atoms with Crippen LogP contribution in [-0.4, -0.2) is 43.6 Å². The van der Waals surface area contributed by atoms with E-state index < -0.39 is 17.8 Å². The summed E-state index contributed by atoms with van der Waals surface area (Å²) in [5, 5.41) is 2.22. The van der Waals surface area contributed by atoms with Gasteiger partial charge in [0.2, 0.25) is 0 Å². The Balaban J connectivity index is 1.52. The van der Waals surface area contributed by atoms with E-state index in [0.717, 1.165) is 16.9 Å². The molecule has 3 aromatic rings. The normalized spacial score (nSPS) is 14.2. The molecule has 0 aromatic heterocycles. The zero-order chi connectivity index (χ0) is 28.6. The van der Waals surface area contributed by atoms with Crippen molar-refractivity contribution in [2.75, 3.05) is 20.8 Å². The largest absolute Gasteiger partial charge is 0.493 e. The molecule has 1 fully saturated rings. The minimum absolute atomic E-state index is 0.0841. The van der Waals surface area contributed by atoms with Gasteiger partial charge in [-0.15, -0.1) is 0 Å². The molecule has 1 aliphatic heterocycles. The van der Waals surface area contributed by atoms with Gasteiger partial charge in [0.25, 0.3) is 11.8 Å². The average Bonchev–Trinajstić information content (AvgIpc) is 2.96. The summed E-state index contributed by atoms with van der Waals surface area (Å²) in [6, 6.07) is 15.1. The number of barbiturate groups is 1. The number of amides is 4. The highest BCUT2D eigenvalue weighted by Crippen LogP contribution is 2.31. The molecule has 0 bridgehead atoms. The average molecular weight is 549 g/mol. The number of imide groups is 2. The lowest BCUT2D eigenvalue weighted by Gasteiger charge is -2.26. The maximum absolute atomic E-state index is 13.3. The fourth-order valence-corrected chi connectivity index (χ4v) is 3.96. The first-order valence-corrected chi connectivity index (χ1v) is 12.6. The predicted molar refractivity (Wildman–Crippen MR) is 145 cm³/mol. The summed E-state index contributed by atoms with van der Waals surface area (Å²) >= 11 is 0. The second-order valence-corrected chi connectivity index (χ2v) is 8.87. The third-order valence-corrected chi connectivity index (χ3v) is 6.02. The fraction of sp³-hybridized carbons (Fsp3) is 0.233. The second kappa shape index (κ2) is 12.8. The van der Waals surface area contributed by atoms with Crippen LogP contribution < -0.4 is 24.3 Å². The van der Waals surface area contributed by atoms with Gasteiger partial charge in [0.15, 0.2) is 23.0 Å². The number of rotatable bonds is 11. The van der Waals surface area contributed by atoms with Crippen molar-refractivity contribution in [2.45, 2.75) is 26.5 Å². The van der Waals surface area contributed by atoms with Gasteiger partial charge in [0.05, 0.1) is 27.4 Å². The molecule has 0 spiro atoms. The van der Waals surface area contributed by atoms with Gasteiger partial charge in [-0.3, -0.25) is 19.8 Å². The number of benzene rings is 3. The lowest BCUT2D eigenvalue weighted by Crippen LogP contribution is -2.53. The molecule has 0 unspecified atom stereocenters. The van der Waals surface area contributed by atoms with Crippen molar-refractivity contribution < 1.29 is 37.7 Å². The number of carbonyl (C=O) groups is 3. The molecule has 1 heterocycles. The Kier molecular flexibility index (Phi) is 9.00. The molecule has 4 rings (SSSR count). The van der Waals surface area contributed by atoms with E-state index in [0.29, 0.717) is 40.7 Å². The summed E-state index contributed by atoms with van der Waals surface area (Å²) in [6.45, 7) is 2.61. The van der Waals surface area contributed by atoms with Crippen LogP contribution in [0.3, 0.4) is 0 Å². The molecular formula is C30H29FN2O7.